The third kappa shape index (κ3) is 3.59. The quantitative estimate of drug-likeness (QED) is 0.567. The van der Waals surface area contributed by atoms with Crippen LogP contribution < -0.4 is 5.32 Å². The number of fused-ring (bicyclic) bond motifs is 1. The molecule has 0 aliphatic rings. The lowest BCUT2D eigenvalue weighted by molar-refractivity contribution is 1.00. The van der Waals surface area contributed by atoms with E-state index in [9.17, 15) is 0 Å². The predicted molar refractivity (Wildman–Crippen MR) is 106 cm³/mol. The average molecular weight is 338 g/mol. The van der Waals surface area contributed by atoms with E-state index in [4.69, 9.17) is 0 Å². The third-order valence-corrected chi connectivity index (χ3v) is 4.10. The van der Waals surface area contributed by atoms with Gasteiger partial charge in [0.15, 0.2) is 5.82 Å². The number of pyridine rings is 1. The molecule has 4 heteroatoms. The molecule has 0 aliphatic carbocycles. The Bertz CT molecular complexity index is 1030. The first-order valence-corrected chi connectivity index (χ1v) is 8.52. The number of nitrogens with zero attached hydrogens (tertiary/aromatic N) is 3. The molecule has 126 valence electrons. The average Bonchev–Trinajstić information content (AvgIpc) is 2.72. The van der Waals surface area contributed by atoms with Crippen LogP contribution in [0.15, 0.2) is 79.0 Å². The fraction of sp³-hybridized carbons (Fsp3) is 0.0455. The summed E-state index contributed by atoms with van der Waals surface area (Å²) in [5.41, 5.74) is 3.94. The lowest BCUT2D eigenvalue weighted by Gasteiger charge is -2.09. The zero-order chi connectivity index (χ0) is 17.6. The van der Waals surface area contributed by atoms with Crippen molar-refractivity contribution >= 4 is 28.9 Å². The van der Waals surface area contributed by atoms with Gasteiger partial charge in [0.2, 0.25) is 0 Å². The van der Waals surface area contributed by atoms with Crippen LogP contribution in [0.3, 0.4) is 0 Å². The fourth-order valence-electron chi connectivity index (χ4n) is 2.77. The summed E-state index contributed by atoms with van der Waals surface area (Å²) in [6, 6.07) is 24.3. The summed E-state index contributed by atoms with van der Waals surface area (Å²) in [7, 11) is 0. The van der Waals surface area contributed by atoms with Gasteiger partial charge >= 0.3 is 0 Å². The van der Waals surface area contributed by atoms with E-state index in [1.54, 1.807) is 6.20 Å². The van der Waals surface area contributed by atoms with Crippen molar-refractivity contribution < 1.29 is 0 Å². The van der Waals surface area contributed by atoms with Crippen molar-refractivity contribution in [3.05, 3.63) is 95.8 Å². The molecule has 0 bridgehead atoms. The van der Waals surface area contributed by atoms with Crippen LogP contribution >= 0.6 is 0 Å². The Morgan fingerprint density at radius 1 is 0.769 bits per heavy atom. The molecular weight excluding hydrogens is 320 g/mol. The second-order valence-corrected chi connectivity index (χ2v) is 5.92. The van der Waals surface area contributed by atoms with Crippen LogP contribution in [0.1, 0.15) is 16.8 Å². The van der Waals surface area contributed by atoms with Gasteiger partial charge < -0.3 is 5.32 Å². The molecule has 0 saturated heterocycles. The van der Waals surface area contributed by atoms with Crippen LogP contribution in [0.2, 0.25) is 0 Å². The molecule has 4 nitrogen and oxygen atoms in total. The number of nitrogens with one attached hydrogen (secondary N) is 1. The normalized spacial score (nSPS) is 11.1. The Hall–Kier alpha value is -3.53. The highest BCUT2D eigenvalue weighted by Crippen LogP contribution is 2.22. The number of hydrogen-bond donors (Lipinski definition) is 1. The molecule has 0 amide bonds. The van der Waals surface area contributed by atoms with Crippen LogP contribution in [0.25, 0.3) is 23.1 Å². The summed E-state index contributed by atoms with van der Waals surface area (Å²) in [4.78, 5) is 4.51. The lowest BCUT2D eigenvalue weighted by atomic mass is 10.1. The Balaban J connectivity index is 1.64. The van der Waals surface area contributed by atoms with E-state index in [2.05, 4.69) is 44.8 Å². The molecule has 26 heavy (non-hydrogen) atoms. The molecular formula is C22H18N4. The minimum absolute atomic E-state index is 0.681. The van der Waals surface area contributed by atoms with Crippen molar-refractivity contribution in [3.63, 3.8) is 0 Å². The largest absolute Gasteiger partial charge is 0.363 e. The number of hydrogen-bond acceptors (Lipinski definition) is 4. The van der Waals surface area contributed by atoms with Gasteiger partial charge in [-0.15, -0.1) is 10.2 Å². The SMILES string of the molecule is C(=C\c1nnc(NCc2ccccc2)c2ncccc12)/c1ccccc1. The molecule has 4 aromatic rings. The maximum atomic E-state index is 4.51. The zero-order valence-electron chi connectivity index (χ0n) is 14.2. The smallest absolute Gasteiger partial charge is 0.175 e. The molecule has 1 N–H and O–H groups in total. The van der Waals surface area contributed by atoms with Crippen LogP contribution in [0.4, 0.5) is 5.82 Å². The van der Waals surface area contributed by atoms with Crippen LogP contribution in [0.5, 0.6) is 0 Å². The van der Waals surface area contributed by atoms with Gasteiger partial charge in [-0.3, -0.25) is 4.98 Å². The van der Waals surface area contributed by atoms with Crippen molar-refractivity contribution in [2.24, 2.45) is 0 Å². The Morgan fingerprint density at radius 3 is 2.35 bits per heavy atom. The summed E-state index contributed by atoms with van der Waals surface area (Å²) < 4.78 is 0. The maximum absolute atomic E-state index is 4.51. The van der Waals surface area contributed by atoms with Gasteiger partial charge in [-0.05, 0) is 29.3 Å². The summed E-state index contributed by atoms with van der Waals surface area (Å²) in [5, 5.41) is 13.1. The van der Waals surface area contributed by atoms with E-state index in [1.165, 1.54) is 5.56 Å². The van der Waals surface area contributed by atoms with Crippen molar-refractivity contribution in [1.29, 1.82) is 0 Å². The second-order valence-electron chi connectivity index (χ2n) is 5.92. The van der Waals surface area contributed by atoms with E-state index in [1.807, 2.05) is 60.7 Å². The molecule has 2 heterocycles. The molecule has 2 aromatic carbocycles. The number of aromatic nitrogens is 3. The molecule has 0 saturated carbocycles. The number of anilines is 1. The van der Waals surface area contributed by atoms with E-state index in [0.29, 0.717) is 12.4 Å². The molecule has 0 aliphatic heterocycles. The minimum Gasteiger partial charge on any atom is -0.363 e. The van der Waals surface area contributed by atoms with Gasteiger partial charge in [0.05, 0.1) is 5.69 Å². The van der Waals surface area contributed by atoms with E-state index >= 15 is 0 Å². The first kappa shape index (κ1) is 16.0. The van der Waals surface area contributed by atoms with Crippen LogP contribution in [-0.2, 0) is 6.54 Å². The van der Waals surface area contributed by atoms with Gasteiger partial charge in [0.1, 0.15) is 5.52 Å². The number of benzene rings is 2. The van der Waals surface area contributed by atoms with Crippen LogP contribution in [0, 0.1) is 0 Å². The Kier molecular flexibility index (Phi) is 4.65. The van der Waals surface area contributed by atoms with Gasteiger partial charge in [-0.2, -0.15) is 0 Å². The number of rotatable bonds is 5. The second kappa shape index (κ2) is 7.57. The molecule has 0 radical (unpaired) electrons. The van der Waals surface area contributed by atoms with Crippen molar-refractivity contribution in [2.45, 2.75) is 6.54 Å². The van der Waals surface area contributed by atoms with Crippen LogP contribution in [-0.4, -0.2) is 15.2 Å². The van der Waals surface area contributed by atoms with Gasteiger partial charge in [-0.1, -0.05) is 66.7 Å². The lowest BCUT2D eigenvalue weighted by Crippen LogP contribution is -2.05. The molecule has 2 aromatic heterocycles. The Labute approximate surface area is 152 Å². The molecule has 0 spiro atoms. The van der Waals surface area contributed by atoms with Gasteiger partial charge in [-0.25, -0.2) is 0 Å². The Morgan fingerprint density at radius 2 is 1.54 bits per heavy atom. The summed E-state index contributed by atoms with van der Waals surface area (Å²) in [5.74, 6) is 0.696. The molecule has 4 rings (SSSR count). The summed E-state index contributed by atoms with van der Waals surface area (Å²) in [6.07, 6.45) is 5.79. The van der Waals surface area contributed by atoms with E-state index in [0.717, 1.165) is 22.2 Å². The molecule has 0 unspecified atom stereocenters. The van der Waals surface area contributed by atoms with E-state index in [-0.39, 0.29) is 0 Å². The highest BCUT2D eigenvalue weighted by atomic mass is 15.2. The first-order valence-electron chi connectivity index (χ1n) is 8.52. The standard InChI is InChI=1S/C22H18N4/c1-3-8-17(9-4-1)13-14-20-19-12-7-15-23-21(19)22(26-25-20)24-16-18-10-5-2-6-11-18/h1-15H,16H2,(H,24,26)/b14-13+. The maximum Gasteiger partial charge on any atom is 0.175 e. The topological polar surface area (TPSA) is 50.7 Å². The molecule has 0 fully saturated rings. The minimum atomic E-state index is 0.681. The van der Waals surface area contributed by atoms with E-state index < -0.39 is 0 Å². The third-order valence-electron chi connectivity index (χ3n) is 4.10. The zero-order valence-corrected chi connectivity index (χ0v) is 14.2. The predicted octanol–water partition coefficient (Wildman–Crippen LogP) is 4.81. The van der Waals surface area contributed by atoms with Crippen molar-refractivity contribution in [2.75, 3.05) is 5.32 Å². The first-order chi connectivity index (χ1) is 12.9. The highest BCUT2D eigenvalue weighted by molar-refractivity contribution is 5.94. The fourth-order valence-corrected chi connectivity index (χ4v) is 2.77. The monoisotopic (exact) mass is 338 g/mol. The summed E-state index contributed by atoms with van der Waals surface area (Å²) >= 11 is 0. The van der Waals surface area contributed by atoms with Crippen molar-refractivity contribution in [1.82, 2.24) is 15.2 Å². The van der Waals surface area contributed by atoms with Gasteiger partial charge in [0.25, 0.3) is 0 Å². The summed E-state index contributed by atoms with van der Waals surface area (Å²) in [6.45, 7) is 0.681. The molecule has 0 atom stereocenters. The van der Waals surface area contributed by atoms with Crippen molar-refractivity contribution in [3.8, 4) is 0 Å². The highest BCUT2D eigenvalue weighted by Gasteiger charge is 2.08. The van der Waals surface area contributed by atoms with Gasteiger partial charge in [0, 0.05) is 18.1 Å².